The Morgan fingerprint density at radius 1 is 1.33 bits per heavy atom. The van der Waals surface area contributed by atoms with Gasteiger partial charge in [0.2, 0.25) is 5.91 Å². The van der Waals surface area contributed by atoms with Gasteiger partial charge >= 0.3 is 6.01 Å². The third kappa shape index (κ3) is 4.29. The molecule has 1 aromatic carbocycles. The number of benzene rings is 1. The zero-order valence-electron chi connectivity index (χ0n) is 13.0. The highest BCUT2D eigenvalue weighted by molar-refractivity contribution is 9.10. The fourth-order valence-electron chi connectivity index (χ4n) is 2.69. The quantitative estimate of drug-likeness (QED) is 0.800. The second-order valence-electron chi connectivity index (χ2n) is 5.67. The van der Waals surface area contributed by atoms with E-state index < -0.39 is 0 Å². The number of aromatic nitrogens is 2. The molecule has 1 unspecified atom stereocenters. The molecule has 0 spiro atoms. The van der Waals surface area contributed by atoms with Gasteiger partial charge in [0, 0.05) is 18.9 Å². The average Bonchev–Trinajstić information content (AvgIpc) is 2.59. The van der Waals surface area contributed by atoms with Gasteiger partial charge < -0.3 is 9.64 Å². The average molecular weight is 394 g/mol. The van der Waals surface area contributed by atoms with Crippen molar-refractivity contribution < 1.29 is 13.9 Å². The van der Waals surface area contributed by atoms with Crippen LogP contribution >= 0.6 is 15.9 Å². The Bertz CT molecular complexity index is 711. The highest BCUT2D eigenvalue weighted by Crippen LogP contribution is 2.18. The van der Waals surface area contributed by atoms with Gasteiger partial charge in [0.25, 0.3) is 0 Å². The lowest BCUT2D eigenvalue weighted by atomic mass is 10.1. The molecule has 1 atom stereocenters. The minimum atomic E-state index is -0.348. The summed E-state index contributed by atoms with van der Waals surface area (Å²) < 4.78 is 20.2. The van der Waals surface area contributed by atoms with E-state index in [-0.39, 0.29) is 24.2 Å². The van der Waals surface area contributed by atoms with Gasteiger partial charge in [-0.2, -0.15) is 0 Å². The van der Waals surface area contributed by atoms with Crippen LogP contribution in [0.1, 0.15) is 18.4 Å². The Morgan fingerprint density at radius 3 is 2.83 bits per heavy atom. The maximum atomic E-state index is 13.7. The van der Waals surface area contributed by atoms with Crippen molar-refractivity contribution in [1.82, 2.24) is 14.9 Å². The van der Waals surface area contributed by atoms with Crippen LogP contribution in [0, 0.1) is 5.82 Å². The minimum absolute atomic E-state index is 0.0637. The van der Waals surface area contributed by atoms with Gasteiger partial charge in [-0.25, -0.2) is 14.4 Å². The second-order valence-corrected chi connectivity index (χ2v) is 6.59. The Kier molecular flexibility index (Phi) is 5.40. The molecule has 1 amide bonds. The second kappa shape index (κ2) is 7.70. The van der Waals surface area contributed by atoms with Crippen molar-refractivity contribution in [3.8, 4) is 6.01 Å². The van der Waals surface area contributed by atoms with E-state index >= 15 is 0 Å². The highest BCUT2D eigenvalue weighted by atomic mass is 79.9. The normalized spacial score (nSPS) is 17.6. The summed E-state index contributed by atoms with van der Waals surface area (Å²) in [7, 11) is 0. The molecule has 0 bridgehead atoms. The summed E-state index contributed by atoms with van der Waals surface area (Å²) >= 11 is 3.27. The van der Waals surface area contributed by atoms with Crippen LogP contribution in [0.15, 0.2) is 41.1 Å². The Hall–Kier alpha value is -2.02. The van der Waals surface area contributed by atoms with Gasteiger partial charge in [-0.15, -0.1) is 0 Å². The van der Waals surface area contributed by atoms with Crippen molar-refractivity contribution in [3.05, 3.63) is 52.5 Å². The van der Waals surface area contributed by atoms with Gasteiger partial charge in [0.1, 0.15) is 11.9 Å². The summed E-state index contributed by atoms with van der Waals surface area (Å²) in [4.78, 5) is 22.3. The van der Waals surface area contributed by atoms with E-state index in [0.29, 0.717) is 24.7 Å². The van der Waals surface area contributed by atoms with Crippen LogP contribution in [-0.4, -0.2) is 40.0 Å². The molecule has 24 heavy (non-hydrogen) atoms. The molecule has 0 N–H and O–H groups in total. The number of hydrogen-bond acceptors (Lipinski definition) is 4. The zero-order valence-corrected chi connectivity index (χ0v) is 14.6. The molecule has 0 saturated carbocycles. The summed E-state index contributed by atoms with van der Waals surface area (Å²) in [6.07, 6.45) is 4.82. The third-order valence-corrected chi connectivity index (χ3v) is 4.31. The molecule has 0 radical (unpaired) electrons. The van der Waals surface area contributed by atoms with E-state index in [1.54, 1.807) is 35.5 Å². The molecule has 7 heteroatoms. The van der Waals surface area contributed by atoms with Gasteiger partial charge in [-0.3, -0.25) is 4.79 Å². The van der Waals surface area contributed by atoms with Gasteiger partial charge in [0.05, 0.1) is 17.4 Å². The van der Waals surface area contributed by atoms with Crippen LogP contribution in [0.3, 0.4) is 0 Å². The number of hydrogen-bond donors (Lipinski definition) is 0. The smallest absolute Gasteiger partial charge is 0.316 e. The van der Waals surface area contributed by atoms with Crippen molar-refractivity contribution in [2.24, 2.45) is 0 Å². The lowest BCUT2D eigenvalue weighted by Gasteiger charge is -2.32. The van der Waals surface area contributed by atoms with Crippen LogP contribution < -0.4 is 4.74 Å². The van der Waals surface area contributed by atoms with Gasteiger partial charge in [0.15, 0.2) is 0 Å². The number of rotatable bonds is 4. The first-order valence-electron chi connectivity index (χ1n) is 7.77. The van der Waals surface area contributed by atoms with Gasteiger partial charge in [-0.1, -0.05) is 18.2 Å². The molecular formula is C17H17BrFN3O2. The van der Waals surface area contributed by atoms with E-state index in [2.05, 4.69) is 25.9 Å². The topological polar surface area (TPSA) is 55.3 Å². The molecule has 0 aliphatic carbocycles. The van der Waals surface area contributed by atoms with Gasteiger partial charge in [-0.05, 0) is 40.4 Å². The number of likely N-dealkylation sites (tertiary alicyclic amines) is 1. The number of piperidine rings is 1. The summed E-state index contributed by atoms with van der Waals surface area (Å²) in [5.41, 5.74) is 0.418. The van der Waals surface area contributed by atoms with Crippen molar-refractivity contribution >= 4 is 21.8 Å². The molecule has 3 rings (SSSR count). The van der Waals surface area contributed by atoms with Crippen LogP contribution in [0.4, 0.5) is 4.39 Å². The molecule has 5 nitrogen and oxygen atoms in total. The molecular weight excluding hydrogens is 377 g/mol. The third-order valence-electron chi connectivity index (χ3n) is 3.90. The van der Waals surface area contributed by atoms with Crippen LogP contribution in [0.2, 0.25) is 0 Å². The summed E-state index contributed by atoms with van der Waals surface area (Å²) in [5.74, 6) is -0.441. The SMILES string of the molecule is O=C(Cc1ccccc1F)N1CCCC(Oc2ncc(Br)cn2)C1. The highest BCUT2D eigenvalue weighted by Gasteiger charge is 2.26. The summed E-state index contributed by atoms with van der Waals surface area (Å²) in [6.45, 7) is 1.13. The molecule has 2 aromatic rings. The Balaban J connectivity index is 1.59. The maximum Gasteiger partial charge on any atom is 0.316 e. The van der Waals surface area contributed by atoms with Crippen molar-refractivity contribution in [1.29, 1.82) is 0 Å². The number of ether oxygens (including phenoxy) is 1. The van der Waals surface area contributed by atoms with Crippen LogP contribution in [-0.2, 0) is 11.2 Å². The van der Waals surface area contributed by atoms with E-state index in [4.69, 9.17) is 4.74 Å². The fourth-order valence-corrected chi connectivity index (χ4v) is 2.89. The largest absolute Gasteiger partial charge is 0.458 e. The Morgan fingerprint density at radius 2 is 2.08 bits per heavy atom. The van der Waals surface area contributed by atoms with E-state index in [9.17, 15) is 9.18 Å². The predicted molar refractivity (Wildman–Crippen MR) is 90.1 cm³/mol. The van der Waals surface area contributed by atoms with Crippen molar-refractivity contribution in [2.75, 3.05) is 13.1 Å². The number of halogens is 2. The minimum Gasteiger partial charge on any atom is -0.458 e. The van der Waals surface area contributed by atoms with E-state index in [1.807, 2.05) is 0 Å². The monoisotopic (exact) mass is 393 g/mol. The van der Waals surface area contributed by atoms with Crippen molar-refractivity contribution in [3.63, 3.8) is 0 Å². The molecule has 2 heterocycles. The Labute approximate surface area is 148 Å². The number of carbonyl (C=O) groups excluding carboxylic acids is 1. The molecule has 1 aliphatic heterocycles. The molecule has 1 aliphatic rings. The molecule has 1 fully saturated rings. The molecule has 126 valence electrons. The van der Waals surface area contributed by atoms with Crippen molar-refractivity contribution in [2.45, 2.75) is 25.4 Å². The number of amides is 1. The van der Waals surface area contributed by atoms with E-state index in [1.165, 1.54) is 6.07 Å². The first-order valence-corrected chi connectivity index (χ1v) is 8.56. The molecule has 1 aromatic heterocycles. The fraction of sp³-hybridized carbons (Fsp3) is 0.353. The van der Waals surface area contributed by atoms with Crippen LogP contribution in [0.5, 0.6) is 6.01 Å². The first kappa shape index (κ1) is 16.8. The summed E-state index contributed by atoms with van der Waals surface area (Å²) in [5, 5.41) is 0. The predicted octanol–water partition coefficient (Wildman–Crippen LogP) is 2.99. The summed E-state index contributed by atoms with van der Waals surface area (Å²) in [6, 6.07) is 6.66. The lowest BCUT2D eigenvalue weighted by Crippen LogP contribution is -2.45. The molecule has 1 saturated heterocycles. The van der Waals surface area contributed by atoms with Crippen LogP contribution in [0.25, 0.3) is 0 Å². The standard InChI is InChI=1S/C17H17BrFN3O2/c18-13-9-20-17(21-10-13)24-14-5-3-7-22(11-14)16(23)8-12-4-1-2-6-15(12)19/h1-2,4,6,9-10,14H,3,5,7-8,11H2. The zero-order chi connectivity index (χ0) is 16.9. The van der Waals surface area contributed by atoms with E-state index in [0.717, 1.165) is 17.3 Å². The number of carbonyl (C=O) groups is 1. The number of nitrogens with zero attached hydrogens (tertiary/aromatic N) is 3. The first-order chi connectivity index (χ1) is 11.6. The lowest BCUT2D eigenvalue weighted by molar-refractivity contribution is -0.133. The maximum absolute atomic E-state index is 13.7.